The van der Waals surface area contributed by atoms with Gasteiger partial charge in [0, 0.05) is 19.0 Å². The number of benzene rings is 1. The highest BCUT2D eigenvalue weighted by atomic mass is 35.5. The van der Waals surface area contributed by atoms with Crippen LogP contribution in [0.25, 0.3) is 0 Å². The van der Waals surface area contributed by atoms with E-state index in [0.29, 0.717) is 30.5 Å². The molecule has 1 saturated heterocycles. The Bertz CT molecular complexity index is 559. The van der Waals surface area contributed by atoms with Gasteiger partial charge in [-0.2, -0.15) is 4.31 Å². The van der Waals surface area contributed by atoms with E-state index < -0.39 is 10.0 Å². The van der Waals surface area contributed by atoms with Crippen LogP contribution in [0.1, 0.15) is 11.1 Å². The lowest BCUT2D eigenvalue weighted by Crippen LogP contribution is -2.46. The summed E-state index contributed by atoms with van der Waals surface area (Å²) in [5, 5.41) is 0. The first-order valence-corrected chi connectivity index (χ1v) is 8.17. The fraction of sp³-hybridized carbons (Fsp3) is 0.538. The predicted molar refractivity (Wildman–Crippen MR) is 75.1 cm³/mol. The standard InChI is InChI=1S/C13H18ClNO3S/c1-10-3-4-13(11(2)7-10)19(16,17)15-5-6-18-12(8-14)9-15/h3-4,7,12H,5-6,8-9H2,1-2H3. The second-order valence-electron chi connectivity index (χ2n) is 4.78. The van der Waals surface area contributed by atoms with Gasteiger partial charge in [0.25, 0.3) is 0 Å². The minimum absolute atomic E-state index is 0.226. The molecule has 1 heterocycles. The van der Waals surface area contributed by atoms with Crippen molar-refractivity contribution in [2.24, 2.45) is 0 Å². The van der Waals surface area contributed by atoms with Gasteiger partial charge in [-0.15, -0.1) is 11.6 Å². The quantitative estimate of drug-likeness (QED) is 0.802. The smallest absolute Gasteiger partial charge is 0.243 e. The van der Waals surface area contributed by atoms with E-state index >= 15 is 0 Å². The zero-order valence-corrected chi connectivity index (χ0v) is 12.7. The van der Waals surface area contributed by atoms with Crippen molar-refractivity contribution in [3.8, 4) is 0 Å². The lowest BCUT2D eigenvalue weighted by molar-refractivity contribution is 0.0122. The normalized spacial score (nSPS) is 21.5. The minimum atomic E-state index is -3.46. The number of rotatable bonds is 3. The van der Waals surface area contributed by atoms with Crippen LogP contribution in [-0.2, 0) is 14.8 Å². The van der Waals surface area contributed by atoms with Crippen LogP contribution in [0.2, 0.25) is 0 Å². The summed E-state index contributed by atoms with van der Waals surface area (Å²) in [6.45, 7) is 4.85. The van der Waals surface area contributed by atoms with E-state index in [1.54, 1.807) is 6.07 Å². The molecule has 1 aliphatic rings. The van der Waals surface area contributed by atoms with Crippen LogP contribution in [0.5, 0.6) is 0 Å². The number of ether oxygens (including phenoxy) is 1. The van der Waals surface area contributed by atoms with E-state index in [1.807, 2.05) is 26.0 Å². The SMILES string of the molecule is Cc1ccc(S(=O)(=O)N2CCOC(CCl)C2)c(C)c1. The first-order chi connectivity index (χ1) is 8.95. The molecule has 1 aromatic rings. The lowest BCUT2D eigenvalue weighted by atomic mass is 10.2. The molecule has 1 aliphatic heterocycles. The van der Waals surface area contributed by atoms with Gasteiger partial charge in [0.05, 0.1) is 17.6 Å². The third-order valence-electron chi connectivity index (χ3n) is 3.22. The Hall–Kier alpha value is -0.620. The fourth-order valence-electron chi connectivity index (χ4n) is 2.23. The number of hydrogen-bond acceptors (Lipinski definition) is 3. The maximum absolute atomic E-state index is 12.6. The second kappa shape index (κ2) is 5.79. The van der Waals surface area contributed by atoms with Crippen LogP contribution in [0.15, 0.2) is 23.1 Å². The molecule has 0 bridgehead atoms. The van der Waals surface area contributed by atoms with Crippen LogP contribution >= 0.6 is 11.6 Å². The number of alkyl halides is 1. The zero-order valence-electron chi connectivity index (χ0n) is 11.1. The Labute approximate surface area is 119 Å². The molecule has 0 aromatic heterocycles. The average Bonchev–Trinajstić information content (AvgIpc) is 2.38. The highest BCUT2D eigenvalue weighted by molar-refractivity contribution is 7.89. The Morgan fingerprint density at radius 1 is 1.42 bits per heavy atom. The van der Waals surface area contributed by atoms with Crippen molar-refractivity contribution in [3.63, 3.8) is 0 Å². The summed E-state index contributed by atoms with van der Waals surface area (Å²) >= 11 is 5.75. The number of aryl methyl sites for hydroxylation is 2. The van der Waals surface area contributed by atoms with Gasteiger partial charge < -0.3 is 4.74 Å². The molecular formula is C13H18ClNO3S. The van der Waals surface area contributed by atoms with Gasteiger partial charge in [0.2, 0.25) is 10.0 Å². The molecule has 0 aliphatic carbocycles. The van der Waals surface area contributed by atoms with Gasteiger partial charge in [0.1, 0.15) is 0 Å². The second-order valence-corrected chi connectivity index (χ2v) is 6.99. The van der Waals surface area contributed by atoms with Gasteiger partial charge >= 0.3 is 0 Å². The van der Waals surface area contributed by atoms with E-state index in [2.05, 4.69) is 0 Å². The predicted octanol–water partition coefficient (Wildman–Crippen LogP) is 1.93. The topological polar surface area (TPSA) is 46.6 Å². The van der Waals surface area contributed by atoms with Gasteiger partial charge in [-0.05, 0) is 25.5 Å². The summed E-state index contributed by atoms with van der Waals surface area (Å²) in [6.07, 6.45) is -0.226. The van der Waals surface area contributed by atoms with E-state index in [1.165, 1.54) is 4.31 Å². The molecule has 19 heavy (non-hydrogen) atoms. The summed E-state index contributed by atoms with van der Waals surface area (Å²) in [5.41, 5.74) is 1.82. The van der Waals surface area contributed by atoms with E-state index in [4.69, 9.17) is 16.3 Å². The molecule has 4 nitrogen and oxygen atoms in total. The van der Waals surface area contributed by atoms with Crippen molar-refractivity contribution < 1.29 is 13.2 Å². The van der Waals surface area contributed by atoms with Crippen LogP contribution in [-0.4, -0.2) is 44.4 Å². The third-order valence-corrected chi connectivity index (χ3v) is 5.59. The van der Waals surface area contributed by atoms with Gasteiger partial charge in [-0.1, -0.05) is 17.7 Å². The van der Waals surface area contributed by atoms with Crippen LogP contribution in [0.4, 0.5) is 0 Å². The lowest BCUT2D eigenvalue weighted by Gasteiger charge is -2.31. The molecule has 1 atom stereocenters. The molecule has 6 heteroatoms. The Morgan fingerprint density at radius 2 is 2.16 bits per heavy atom. The summed E-state index contributed by atoms with van der Waals surface area (Å²) < 4.78 is 32.1. The van der Waals surface area contributed by atoms with Gasteiger partial charge in [-0.25, -0.2) is 8.42 Å². The van der Waals surface area contributed by atoms with Crippen LogP contribution in [0.3, 0.4) is 0 Å². The van der Waals surface area contributed by atoms with E-state index in [9.17, 15) is 8.42 Å². The summed E-state index contributed by atoms with van der Waals surface area (Å²) in [4.78, 5) is 0.369. The Balaban J connectivity index is 2.31. The zero-order chi connectivity index (χ0) is 14.0. The van der Waals surface area contributed by atoms with Gasteiger partial charge in [0.15, 0.2) is 0 Å². The molecule has 2 rings (SSSR count). The maximum Gasteiger partial charge on any atom is 0.243 e. The van der Waals surface area contributed by atoms with Crippen LogP contribution in [0, 0.1) is 13.8 Å². The van der Waals surface area contributed by atoms with Crippen molar-refractivity contribution in [3.05, 3.63) is 29.3 Å². The van der Waals surface area contributed by atoms with E-state index in [-0.39, 0.29) is 6.10 Å². The van der Waals surface area contributed by atoms with Crippen molar-refractivity contribution in [1.29, 1.82) is 0 Å². The highest BCUT2D eigenvalue weighted by Crippen LogP contribution is 2.23. The van der Waals surface area contributed by atoms with Crippen molar-refractivity contribution in [2.75, 3.05) is 25.6 Å². The minimum Gasteiger partial charge on any atom is -0.374 e. The summed E-state index contributed by atoms with van der Waals surface area (Å²) in [5.74, 6) is 0.304. The van der Waals surface area contributed by atoms with Crippen molar-refractivity contribution in [2.45, 2.75) is 24.8 Å². The van der Waals surface area contributed by atoms with Crippen molar-refractivity contribution in [1.82, 2.24) is 4.31 Å². The molecule has 106 valence electrons. The third kappa shape index (κ3) is 3.11. The number of halogens is 1. The van der Waals surface area contributed by atoms with Crippen LogP contribution < -0.4 is 0 Å². The number of sulfonamides is 1. The largest absolute Gasteiger partial charge is 0.374 e. The monoisotopic (exact) mass is 303 g/mol. The molecule has 1 aromatic carbocycles. The Kier molecular flexibility index (Phi) is 4.50. The fourth-order valence-corrected chi connectivity index (χ4v) is 4.08. The van der Waals surface area contributed by atoms with Gasteiger partial charge in [-0.3, -0.25) is 0 Å². The molecule has 0 saturated carbocycles. The molecular weight excluding hydrogens is 286 g/mol. The number of hydrogen-bond donors (Lipinski definition) is 0. The number of morpholine rings is 1. The first-order valence-electron chi connectivity index (χ1n) is 6.20. The average molecular weight is 304 g/mol. The molecule has 0 spiro atoms. The van der Waals surface area contributed by atoms with Crippen molar-refractivity contribution >= 4 is 21.6 Å². The Morgan fingerprint density at radius 3 is 2.79 bits per heavy atom. The molecule has 0 N–H and O–H groups in total. The highest BCUT2D eigenvalue weighted by Gasteiger charge is 2.31. The van der Waals surface area contributed by atoms with E-state index in [0.717, 1.165) is 11.1 Å². The molecule has 0 radical (unpaired) electrons. The summed E-state index contributed by atoms with van der Waals surface area (Å²) in [7, 11) is -3.46. The first kappa shape index (κ1) is 14.8. The summed E-state index contributed by atoms with van der Waals surface area (Å²) in [6, 6.07) is 5.37. The number of nitrogens with zero attached hydrogens (tertiary/aromatic N) is 1. The maximum atomic E-state index is 12.6. The molecule has 0 amide bonds. The molecule has 1 unspecified atom stereocenters. The molecule has 1 fully saturated rings.